The molecule has 0 saturated heterocycles. The van der Waals surface area contributed by atoms with E-state index < -0.39 is 12.6 Å². The topological polar surface area (TPSA) is 117 Å². The van der Waals surface area contributed by atoms with Gasteiger partial charge in [-0.15, -0.1) is 0 Å². The lowest BCUT2D eigenvalue weighted by atomic mass is 10.2. The second-order valence-electron chi connectivity index (χ2n) is 2.82. The highest BCUT2D eigenvalue weighted by atomic mass is 35.5. The van der Waals surface area contributed by atoms with Crippen LogP contribution in [-0.4, -0.2) is 18.9 Å². The summed E-state index contributed by atoms with van der Waals surface area (Å²) in [5.74, 6) is -1.40. The number of carboxylic acid groups (broad SMARTS) is 1. The van der Waals surface area contributed by atoms with E-state index in [1.807, 2.05) is 0 Å². The van der Waals surface area contributed by atoms with Gasteiger partial charge in [-0.25, -0.2) is 0 Å². The average Bonchev–Trinajstić information content (AvgIpc) is 2.29. The SMILES string of the molecule is N=[N+]=Nc1cc(OCC(=O)[O-])c(Cl)cc1C=O. The molecule has 1 rings (SSSR count). The lowest BCUT2D eigenvalue weighted by molar-refractivity contribution is -0.307. The van der Waals surface area contributed by atoms with Crippen molar-refractivity contribution in [3.8, 4) is 5.75 Å². The van der Waals surface area contributed by atoms with Crippen molar-refractivity contribution in [2.45, 2.75) is 0 Å². The van der Waals surface area contributed by atoms with E-state index >= 15 is 0 Å². The van der Waals surface area contributed by atoms with Gasteiger partial charge in [0.15, 0.2) is 17.1 Å². The number of ether oxygens (including phenoxy) is 1. The number of aliphatic carboxylic acids is 1. The van der Waals surface area contributed by atoms with Crippen molar-refractivity contribution in [2.75, 3.05) is 6.61 Å². The second-order valence-corrected chi connectivity index (χ2v) is 3.23. The number of hydrogen-bond acceptors (Lipinski definition) is 6. The number of rotatable bonds is 5. The van der Waals surface area contributed by atoms with E-state index in [1.54, 1.807) is 0 Å². The van der Waals surface area contributed by atoms with Gasteiger partial charge in [-0.2, -0.15) is 0 Å². The molecule has 0 amide bonds. The molecule has 88 valence electrons. The third-order valence-corrected chi connectivity index (χ3v) is 2.01. The normalized spacial score (nSPS) is 9.24. The molecule has 0 saturated carbocycles. The van der Waals surface area contributed by atoms with Crippen LogP contribution in [0.25, 0.3) is 0 Å². The lowest BCUT2D eigenvalue weighted by Crippen LogP contribution is -2.29. The van der Waals surface area contributed by atoms with Crippen LogP contribution in [0.5, 0.6) is 5.75 Å². The van der Waals surface area contributed by atoms with Gasteiger partial charge in [0, 0.05) is 11.6 Å². The Labute approximate surface area is 100 Å². The minimum absolute atomic E-state index is 0.0175. The number of carboxylic acids is 1. The Morgan fingerprint density at radius 2 is 2.35 bits per heavy atom. The highest BCUT2D eigenvalue weighted by Gasteiger charge is 2.12. The van der Waals surface area contributed by atoms with Crippen molar-refractivity contribution in [3.05, 3.63) is 22.7 Å². The van der Waals surface area contributed by atoms with Crippen LogP contribution in [0.2, 0.25) is 5.02 Å². The Morgan fingerprint density at radius 1 is 1.65 bits per heavy atom. The maximum Gasteiger partial charge on any atom is 0.220 e. The van der Waals surface area contributed by atoms with E-state index in [1.165, 1.54) is 12.1 Å². The summed E-state index contributed by atoms with van der Waals surface area (Å²) in [6, 6.07) is 2.45. The van der Waals surface area contributed by atoms with Gasteiger partial charge in [0.1, 0.15) is 17.9 Å². The smallest absolute Gasteiger partial charge is 0.220 e. The van der Waals surface area contributed by atoms with Gasteiger partial charge < -0.3 is 14.6 Å². The number of nitrogens with zero attached hydrogens (tertiary/aromatic N) is 2. The Kier molecular flexibility index (Phi) is 4.33. The number of nitrogens with one attached hydrogen (secondary N) is 1. The van der Waals surface area contributed by atoms with Crippen LogP contribution >= 0.6 is 11.6 Å². The molecular weight excluding hydrogens is 250 g/mol. The van der Waals surface area contributed by atoms with Crippen LogP contribution in [0.1, 0.15) is 10.4 Å². The number of hydrogen-bond donors (Lipinski definition) is 1. The predicted molar refractivity (Wildman–Crippen MR) is 54.3 cm³/mol. The molecule has 1 aromatic rings. The summed E-state index contributed by atoms with van der Waals surface area (Å²) in [5.41, 5.74) is 6.75. The fraction of sp³-hybridized carbons (Fsp3) is 0.111. The van der Waals surface area contributed by atoms with Crippen molar-refractivity contribution >= 4 is 29.5 Å². The predicted octanol–water partition coefficient (Wildman–Crippen LogP) is 0.463. The van der Waals surface area contributed by atoms with E-state index in [2.05, 4.69) is 10.0 Å². The monoisotopic (exact) mass is 255 g/mol. The Balaban J connectivity index is 3.14. The first-order valence-electron chi connectivity index (χ1n) is 4.27. The van der Waals surface area contributed by atoms with Crippen LogP contribution in [0.4, 0.5) is 5.69 Å². The van der Waals surface area contributed by atoms with Crippen LogP contribution in [0, 0.1) is 5.53 Å². The quantitative estimate of drug-likeness (QED) is 0.467. The van der Waals surface area contributed by atoms with E-state index in [0.717, 1.165) is 0 Å². The molecule has 0 bridgehead atoms. The molecule has 1 aromatic carbocycles. The van der Waals surface area contributed by atoms with Gasteiger partial charge in [-0.3, -0.25) is 4.79 Å². The molecule has 1 N–H and O–H groups in total. The molecule has 0 aliphatic carbocycles. The zero-order valence-electron chi connectivity index (χ0n) is 8.34. The standard InChI is InChI=1S/C9H6ClN3O4/c10-6-1-5(3-14)7(12-13-11)2-8(6)17-4-9(15)16/h1-3,11H,4H2. The number of benzene rings is 1. The van der Waals surface area contributed by atoms with E-state index in [0.29, 0.717) is 6.29 Å². The molecule has 17 heavy (non-hydrogen) atoms. The molecule has 0 spiro atoms. The van der Waals surface area contributed by atoms with Crippen molar-refractivity contribution in [3.63, 3.8) is 0 Å². The first kappa shape index (κ1) is 12.8. The maximum atomic E-state index is 10.7. The first-order chi connectivity index (χ1) is 8.08. The van der Waals surface area contributed by atoms with Crippen LogP contribution in [0.15, 0.2) is 17.2 Å². The summed E-state index contributed by atoms with van der Waals surface area (Å²) in [6.45, 7) is -0.683. The zero-order chi connectivity index (χ0) is 12.8. The molecular formula is C9H6ClN3O4. The minimum atomic E-state index is -1.41. The van der Waals surface area contributed by atoms with Gasteiger partial charge in [0.25, 0.3) is 0 Å². The third kappa shape index (κ3) is 3.37. The molecule has 0 aliphatic rings. The summed E-state index contributed by atoms with van der Waals surface area (Å²) in [7, 11) is 0. The summed E-state index contributed by atoms with van der Waals surface area (Å²) >= 11 is 5.75. The fourth-order valence-electron chi connectivity index (χ4n) is 1.04. The Bertz CT molecular complexity index is 511. The van der Waals surface area contributed by atoms with Gasteiger partial charge >= 0.3 is 0 Å². The number of carbonyl (C=O) groups excluding carboxylic acids is 2. The van der Waals surface area contributed by atoms with E-state index in [9.17, 15) is 14.7 Å². The van der Waals surface area contributed by atoms with Gasteiger partial charge in [-0.05, 0) is 6.07 Å². The largest absolute Gasteiger partial charge is 0.546 e. The minimum Gasteiger partial charge on any atom is -0.546 e. The molecule has 0 fully saturated rings. The first-order valence-corrected chi connectivity index (χ1v) is 4.65. The Hall–Kier alpha value is -2.24. The number of aldehydes is 1. The second kappa shape index (κ2) is 5.74. The summed E-state index contributed by atoms with van der Waals surface area (Å²) < 4.78 is 4.81. The lowest BCUT2D eigenvalue weighted by Gasteiger charge is -2.08. The molecule has 0 heterocycles. The summed E-state index contributed by atoms with van der Waals surface area (Å²) in [5, 5.41) is 13.6. The molecule has 8 heteroatoms. The highest BCUT2D eigenvalue weighted by molar-refractivity contribution is 6.32. The summed E-state index contributed by atoms with van der Waals surface area (Å²) in [4.78, 5) is 23.6. The van der Waals surface area contributed by atoms with Gasteiger partial charge in [-0.1, -0.05) is 11.6 Å². The summed E-state index contributed by atoms with van der Waals surface area (Å²) in [6.07, 6.45) is 0.485. The van der Waals surface area contributed by atoms with E-state index in [4.69, 9.17) is 21.9 Å². The van der Waals surface area contributed by atoms with Gasteiger partial charge in [0.05, 0.1) is 11.0 Å². The molecule has 0 aromatic heterocycles. The number of halogens is 1. The number of carbonyl (C=O) groups is 2. The van der Waals surface area contributed by atoms with Crippen molar-refractivity contribution < 1.29 is 19.4 Å². The maximum absolute atomic E-state index is 10.7. The Morgan fingerprint density at radius 3 is 2.88 bits per heavy atom. The molecule has 0 unspecified atom stereocenters. The molecule has 0 radical (unpaired) electrons. The van der Waals surface area contributed by atoms with Crippen molar-refractivity contribution in [2.24, 2.45) is 5.11 Å². The zero-order valence-corrected chi connectivity index (χ0v) is 9.10. The molecule has 7 nitrogen and oxygen atoms in total. The van der Waals surface area contributed by atoms with Gasteiger partial charge in [0.2, 0.25) is 4.91 Å². The molecule has 0 aliphatic heterocycles. The highest BCUT2D eigenvalue weighted by Crippen LogP contribution is 2.31. The van der Waals surface area contributed by atoms with E-state index in [-0.39, 0.29) is 22.0 Å². The van der Waals surface area contributed by atoms with Crippen molar-refractivity contribution in [1.29, 1.82) is 5.53 Å². The van der Waals surface area contributed by atoms with Crippen LogP contribution in [0.3, 0.4) is 0 Å². The van der Waals surface area contributed by atoms with Crippen LogP contribution in [-0.2, 0) is 4.79 Å². The average molecular weight is 256 g/mol. The fourth-order valence-corrected chi connectivity index (χ4v) is 1.27. The van der Waals surface area contributed by atoms with Crippen molar-refractivity contribution in [1.82, 2.24) is 4.91 Å². The third-order valence-electron chi connectivity index (χ3n) is 1.71. The van der Waals surface area contributed by atoms with Crippen LogP contribution < -0.4 is 14.8 Å². The molecule has 0 atom stereocenters.